The molecule has 0 fully saturated rings. The summed E-state index contributed by atoms with van der Waals surface area (Å²) in [7, 11) is 0. The molecule has 3 amide bonds. The first kappa shape index (κ1) is 33.6. The van der Waals surface area contributed by atoms with Crippen molar-refractivity contribution in [1.82, 2.24) is 14.8 Å². The van der Waals surface area contributed by atoms with E-state index in [9.17, 15) is 22.8 Å². The minimum absolute atomic E-state index is 0.120. The van der Waals surface area contributed by atoms with Gasteiger partial charge in [0.25, 0.3) is 0 Å². The van der Waals surface area contributed by atoms with Crippen LogP contribution in [-0.4, -0.2) is 46.4 Å². The van der Waals surface area contributed by atoms with Crippen LogP contribution in [0.5, 0.6) is 0 Å². The molecule has 4 aromatic rings. The van der Waals surface area contributed by atoms with Gasteiger partial charge in [0, 0.05) is 42.4 Å². The van der Waals surface area contributed by atoms with Gasteiger partial charge in [0.15, 0.2) is 0 Å². The number of carbonyl (C=O) groups is 2. The molecule has 6 nitrogen and oxygen atoms in total. The monoisotopic (exact) mass is 620 g/mol. The number of nitrogens with zero attached hydrogens (tertiary/aromatic N) is 2. The molecule has 0 aliphatic heterocycles. The summed E-state index contributed by atoms with van der Waals surface area (Å²) < 4.78 is 39.6. The van der Waals surface area contributed by atoms with Crippen LogP contribution in [0.15, 0.2) is 72.9 Å². The zero-order valence-electron chi connectivity index (χ0n) is 26.7. The molecule has 0 radical (unpaired) electrons. The topological polar surface area (TPSA) is 68.4 Å². The van der Waals surface area contributed by atoms with Crippen LogP contribution in [0.1, 0.15) is 80.7 Å². The Balaban J connectivity index is 1.57. The fourth-order valence-electron chi connectivity index (χ4n) is 5.57. The number of urea groups is 1. The van der Waals surface area contributed by atoms with Crippen molar-refractivity contribution in [2.24, 2.45) is 0 Å². The summed E-state index contributed by atoms with van der Waals surface area (Å²) in [5.41, 5.74) is 4.69. The first-order valence-corrected chi connectivity index (χ1v) is 15.6. The molecular weight excluding hydrogens is 577 g/mol. The number of benzene rings is 3. The van der Waals surface area contributed by atoms with E-state index in [1.165, 1.54) is 17.0 Å². The van der Waals surface area contributed by atoms with Crippen LogP contribution in [0.3, 0.4) is 0 Å². The summed E-state index contributed by atoms with van der Waals surface area (Å²) in [5, 5.41) is 4.17. The summed E-state index contributed by atoms with van der Waals surface area (Å²) in [4.78, 5) is 34.0. The zero-order valence-corrected chi connectivity index (χ0v) is 26.7. The molecule has 0 aliphatic rings. The van der Waals surface area contributed by atoms with E-state index in [0.717, 1.165) is 45.4 Å². The van der Waals surface area contributed by atoms with Gasteiger partial charge in [0.05, 0.1) is 5.56 Å². The van der Waals surface area contributed by atoms with Gasteiger partial charge in [0.1, 0.15) is 6.54 Å². The molecular formula is C36H43F3N4O2. The lowest BCUT2D eigenvalue weighted by atomic mass is 9.93. The van der Waals surface area contributed by atoms with Gasteiger partial charge >= 0.3 is 12.2 Å². The maximum atomic E-state index is 13.9. The highest BCUT2D eigenvalue weighted by Gasteiger charge is 2.30. The summed E-state index contributed by atoms with van der Waals surface area (Å²) in [6.07, 6.45) is -1.34. The van der Waals surface area contributed by atoms with Gasteiger partial charge in [-0.15, -0.1) is 0 Å². The highest BCUT2D eigenvalue weighted by Crippen LogP contribution is 2.33. The Morgan fingerprint density at radius 2 is 1.49 bits per heavy atom. The molecule has 0 saturated heterocycles. The second-order valence-electron chi connectivity index (χ2n) is 12.1. The number of nitrogens with one attached hydrogen (secondary N) is 2. The number of anilines is 1. The summed E-state index contributed by atoms with van der Waals surface area (Å²) in [5.74, 6) is 0.0903. The van der Waals surface area contributed by atoms with Crippen molar-refractivity contribution < 1.29 is 22.8 Å². The normalized spacial score (nSPS) is 11.8. The molecule has 0 aliphatic carbocycles. The van der Waals surface area contributed by atoms with E-state index >= 15 is 0 Å². The predicted molar refractivity (Wildman–Crippen MR) is 174 cm³/mol. The largest absolute Gasteiger partial charge is 0.416 e. The standard InChI is InChI=1S/C36H43F3N4O2/c1-6-19-43(35(45)41-34-29(24(2)3)11-9-12-30(34)25(4)5)23-33(44)42(22-26-14-16-28(17-15-26)36(37,38)39)20-18-27-21-40-32-13-8-7-10-31(27)32/h7-17,21,24-25,40H,6,18-20,22-23H2,1-5H3,(H,41,45). The van der Waals surface area contributed by atoms with Gasteiger partial charge < -0.3 is 20.1 Å². The number of H-pyrrole nitrogens is 1. The van der Waals surface area contributed by atoms with Crippen LogP contribution in [0.25, 0.3) is 10.9 Å². The van der Waals surface area contributed by atoms with Gasteiger partial charge in [-0.25, -0.2) is 4.79 Å². The third-order valence-corrected chi connectivity index (χ3v) is 8.05. The van der Waals surface area contributed by atoms with E-state index in [2.05, 4.69) is 38.0 Å². The van der Waals surface area contributed by atoms with E-state index < -0.39 is 11.7 Å². The second-order valence-corrected chi connectivity index (χ2v) is 12.1. The number of rotatable bonds is 12. The van der Waals surface area contributed by atoms with Crippen LogP contribution in [-0.2, 0) is 23.9 Å². The number of aromatic amines is 1. The molecule has 0 saturated carbocycles. The Labute approximate surface area is 263 Å². The molecule has 2 N–H and O–H groups in total. The molecule has 0 atom stereocenters. The lowest BCUT2D eigenvalue weighted by Crippen LogP contribution is -2.45. The van der Waals surface area contributed by atoms with Gasteiger partial charge in [-0.1, -0.05) is 83.1 Å². The van der Waals surface area contributed by atoms with Crippen LogP contribution in [0, 0.1) is 0 Å². The van der Waals surface area contributed by atoms with Crippen molar-refractivity contribution in [2.75, 3.05) is 25.0 Å². The third-order valence-electron chi connectivity index (χ3n) is 8.05. The second kappa shape index (κ2) is 14.7. The van der Waals surface area contributed by atoms with Gasteiger partial charge in [-0.3, -0.25) is 4.79 Å². The number of hydrogen-bond acceptors (Lipinski definition) is 2. The van der Waals surface area contributed by atoms with E-state index in [-0.39, 0.29) is 36.9 Å². The van der Waals surface area contributed by atoms with Crippen LogP contribution >= 0.6 is 0 Å². The first-order valence-electron chi connectivity index (χ1n) is 15.6. The molecule has 0 bridgehead atoms. The number of hydrogen-bond donors (Lipinski definition) is 2. The Morgan fingerprint density at radius 3 is 2.09 bits per heavy atom. The average molecular weight is 621 g/mol. The average Bonchev–Trinajstić information content (AvgIpc) is 3.41. The molecule has 0 unspecified atom stereocenters. The molecule has 0 spiro atoms. The Morgan fingerprint density at radius 1 is 0.844 bits per heavy atom. The number of para-hydroxylation sites is 2. The van der Waals surface area contributed by atoms with Crippen molar-refractivity contribution in [3.8, 4) is 0 Å². The van der Waals surface area contributed by atoms with Crippen LogP contribution in [0.2, 0.25) is 0 Å². The fourth-order valence-corrected chi connectivity index (χ4v) is 5.57. The molecule has 3 aromatic carbocycles. The fraction of sp³-hybridized carbons (Fsp3) is 0.389. The lowest BCUT2D eigenvalue weighted by molar-refractivity contribution is -0.137. The Hall–Kier alpha value is -4.27. The number of aromatic nitrogens is 1. The van der Waals surface area contributed by atoms with Crippen molar-refractivity contribution in [2.45, 2.75) is 72.0 Å². The molecule has 4 rings (SSSR count). The highest BCUT2D eigenvalue weighted by atomic mass is 19.4. The molecule has 1 aromatic heterocycles. The molecule has 9 heteroatoms. The predicted octanol–water partition coefficient (Wildman–Crippen LogP) is 8.95. The molecule has 240 valence electrons. The highest BCUT2D eigenvalue weighted by molar-refractivity contribution is 5.94. The van der Waals surface area contributed by atoms with Crippen molar-refractivity contribution in [1.29, 1.82) is 0 Å². The number of alkyl halides is 3. The summed E-state index contributed by atoms with van der Waals surface area (Å²) in [6, 6.07) is 18.4. The third kappa shape index (κ3) is 8.47. The van der Waals surface area contributed by atoms with Crippen molar-refractivity contribution in [3.05, 3.63) is 101 Å². The minimum atomic E-state index is -4.44. The summed E-state index contributed by atoms with van der Waals surface area (Å²) in [6.45, 7) is 10.9. The minimum Gasteiger partial charge on any atom is -0.361 e. The van der Waals surface area contributed by atoms with Gasteiger partial charge in [0.2, 0.25) is 5.91 Å². The number of carbonyl (C=O) groups excluding carboxylic acids is 2. The number of fused-ring (bicyclic) bond motifs is 1. The van der Waals surface area contributed by atoms with Crippen molar-refractivity contribution >= 4 is 28.5 Å². The Bertz CT molecular complexity index is 1570. The SMILES string of the molecule is CCCN(CC(=O)N(CCc1c[nH]c2ccccc12)Cc1ccc(C(F)(F)F)cc1)C(=O)Nc1c(C(C)C)cccc1C(C)C. The first-order chi connectivity index (χ1) is 21.4. The smallest absolute Gasteiger partial charge is 0.361 e. The summed E-state index contributed by atoms with van der Waals surface area (Å²) >= 11 is 0. The van der Waals surface area contributed by atoms with E-state index in [1.54, 1.807) is 4.90 Å². The van der Waals surface area contributed by atoms with E-state index in [1.807, 2.05) is 55.6 Å². The Kier molecular flexibility index (Phi) is 11.0. The van der Waals surface area contributed by atoms with E-state index in [0.29, 0.717) is 31.5 Å². The number of halogens is 3. The van der Waals surface area contributed by atoms with Crippen molar-refractivity contribution in [3.63, 3.8) is 0 Å². The van der Waals surface area contributed by atoms with Crippen LogP contribution in [0.4, 0.5) is 23.7 Å². The molecule has 1 heterocycles. The number of amides is 3. The zero-order chi connectivity index (χ0) is 32.7. The lowest BCUT2D eigenvalue weighted by Gasteiger charge is -2.29. The maximum Gasteiger partial charge on any atom is 0.416 e. The van der Waals surface area contributed by atoms with E-state index in [4.69, 9.17) is 0 Å². The van der Waals surface area contributed by atoms with Gasteiger partial charge in [-0.2, -0.15) is 13.2 Å². The van der Waals surface area contributed by atoms with Gasteiger partial charge in [-0.05, 0) is 65.1 Å². The van der Waals surface area contributed by atoms with Crippen LogP contribution < -0.4 is 5.32 Å². The maximum absolute atomic E-state index is 13.9. The molecule has 45 heavy (non-hydrogen) atoms. The quantitative estimate of drug-likeness (QED) is 0.166.